The molecule has 27 heavy (non-hydrogen) atoms. The largest absolute Gasteiger partial charge is 0.458 e. The monoisotopic (exact) mass is 388 g/mol. The van der Waals surface area contributed by atoms with E-state index < -0.39 is 17.9 Å². The molecule has 1 aliphatic rings. The standard InChI is InChI=1S/C20H24N2O4S/c23-16(18-7-6-17(26-18)15-9-11-27-13-15)12-22-20(25)19(24)21-10-8-14-4-2-1-3-5-14/h4,6-7,9,11,13,16,23H,1-3,5,8,10,12H2,(H,21,24)(H,22,25)/t16-/m0/s1. The molecule has 7 heteroatoms. The summed E-state index contributed by atoms with van der Waals surface area (Å²) in [6.07, 6.45) is 6.58. The van der Waals surface area contributed by atoms with Gasteiger partial charge in [-0.05, 0) is 55.7 Å². The molecule has 0 bridgehead atoms. The minimum atomic E-state index is -1.01. The number of allylic oxidation sites excluding steroid dienone is 1. The molecule has 0 fully saturated rings. The number of hydrogen-bond acceptors (Lipinski definition) is 5. The van der Waals surface area contributed by atoms with Gasteiger partial charge >= 0.3 is 11.8 Å². The third-order valence-electron chi connectivity index (χ3n) is 4.54. The summed E-state index contributed by atoms with van der Waals surface area (Å²) < 4.78 is 5.61. The van der Waals surface area contributed by atoms with Gasteiger partial charge in [-0.3, -0.25) is 9.59 Å². The molecular formula is C20H24N2O4S. The van der Waals surface area contributed by atoms with Gasteiger partial charge in [-0.1, -0.05) is 11.6 Å². The van der Waals surface area contributed by atoms with E-state index >= 15 is 0 Å². The van der Waals surface area contributed by atoms with Gasteiger partial charge in [-0.15, -0.1) is 0 Å². The number of hydrogen-bond donors (Lipinski definition) is 3. The lowest BCUT2D eigenvalue weighted by Gasteiger charge is -2.13. The van der Waals surface area contributed by atoms with Crippen LogP contribution in [0.25, 0.3) is 11.3 Å². The van der Waals surface area contributed by atoms with E-state index in [1.54, 1.807) is 23.5 Å². The first-order valence-electron chi connectivity index (χ1n) is 9.18. The fourth-order valence-electron chi connectivity index (χ4n) is 3.01. The Morgan fingerprint density at radius 1 is 1.19 bits per heavy atom. The zero-order valence-electron chi connectivity index (χ0n) is 15.1. The van der Waals surface area contributed by atoms with Crippen LogP contribution >= 0.6 is 11.3 Å². The van der Waals surface area contributed by atoms with Gasteiger partial charge in [-0.25, -0.2) is 0 Å². The quantitative estimate of drug-likeness (QED) is 0.502. The van der Waals surface area contributed by atoms with E-state index in [-0.39, 0.29) is 6.54 Å². The van der Waals surface area contributed by atoms with Crippen molar-refractivity contribution in [1.82, 2.24) is 10.6 Å². The van der Waals surface area contributed by atoms with E-state index in [4.69, 9.17) is 4.42 Å². The topological polar surface area (TPSA) is 91.6 Å². The Hall–Kier alpha value is -2.38. The second-order valence-corrected chi connectivity index (χ2v) is 7.33. The second-order valence-electron chi connectivity index (χ2n) is 6.55. The average molecular weight is 388 g/mol. The summed E-state index contributed by atoms with van der Waals surface area (Å²) in [6.45, 7) is 0.358. The number of thiophene rings is 1. The zero-order chi connectivity index (χ0) is 19.1. The van der Waals surface area contributed by atoms with E-state index in [0.717, 1.165) is 24.8 Å². The van der Waals surface area contributed by atoms with E-state index in [1.807, 2.05) is 16.8 Å². The highest BCUT2D eigenvalue weighted by Gasteiger charge is 2.18. The number of rotatable bonds is 7. The molecule has 0 unspecified atom stereocenters. The molecule has 0 saturated carbocycles. The minimum Gasteiger partial charge on any atom is -0.458 e. The Balaban J connectivity index is 1.40. The van der Waals surface area contributed by atoms with Crippen LogP contribution in [0, 0.1) is 0 Å². The van der Waals surface area contributed by atoms with Crippen molar-refractivity contribution in [3.05, 3.63) is 46.4 Å². The first-order valence-corrected chi connectivity index (χ1v) is 10.1. The smallest absolute Gasteiger partial charge is 0.309 e. The maximum Gasteiger partial charge on any atom is 0.309 e. The summed E-state index contributed by atoms with van der Waals surface area (Å²) in [4.78, 5) is 23.7. The lowest BCUT2D eigenvalue weighted by Crippen LogP contribution is -2.41. The molecule has 0 aliphatic heterocycles. The number of aliphatic hydroxyl groups excluding tert-OH is 1. The molecule has 0 spiro atoms. The van der Waals surface area contributed by atoms with Crippen LogP contribution in [0.15, 0.2) is 45.0 Å². The van der Waals surface area contributed by atoms with Gasteiger partial charge in [0.1, 0.15) is 17.6 Å². The van der Waals surface area contributed by atoms with Crippen LogP contribution in [-0.2, 0) is 9.59 Å². The highest BCUT2D eigenvalue weighted by Crippen LogP contribution is 2.26. The number of furan rings is 1. The van der Waals surface area contributed by atoms with Crippen molar-refractivity contribution < 1.29 is 19.1 Å². The third kappa shape index (κ3) is 5.55. The van der Waals surface area contributed by atoms with Gasteiger partial charge in [0, 0.05) is 17.5 Å². The lowest BCUT2D eigenvalue weighted by molar-refractivity contribution is -0.139. The van der Waals surface area contributed by atoms with Crippen molar-refractivity contribution >= 4 is 23.2 Å². The predicted molar refractivity (Wildman–Crippen MR) is 104 cm³/mol. The minimum absolute atomic E-state index is 0.0893. The molecule has 0 radical (unpaired) electrons. The van der Waals surface area contributed by atoms with E-state index in [0.29, 0.717) is 18.1 Å². The van der Waals surface area contributed by atoms with Crippen molar-refractivity contribution in [2.24, 2.45) is 0 Å². The second kappa shape index (κ2) is 9.53. The number of carbonyl (C=O) groups excluding carboxylic acids is 2. The summed E-state index contributed by atoms with van der Waals surface area (Å²) in [7, 11) is 0. The molecular weight excluding hydrogens is 364 g/mol. The van der Waals surface area contributed by atoms with Crippen molar-refractivity contribution in [2.75, 3.05) is 13.1 Å². The maximum atomic E-state index is 11.9. The molecule has 1 aliphatic carbocycles. The lowest BCUT2D eigenvalue weighted by atomic mass is 9.97. The Kier molecular flexibility index (Phi) is 6.84. The first kappa shape index (κ1) is 19.4. The third-order valence-corrected chi connectivity index (χ3v) is 5.22. The molecule has 2 aromatic heterocycles. The summed E-state index contributed by atoms with van der Waals surface area (Å²) in [6, 6.07) is 5.37. The molecule has 0 saturated heterocycles. The predicted octanol–water partition coefficient (Wildman–Crippen LogP) is 3.16. The van der Waals surface area contributed by atoms with Crippen LogP contribution in [-0.4, -0.2) is 30.0 Å². The Morgan fingerprint density at radius 2 is 2.04 bits per heavy atom. The van der Waals surface area contributed by atoms with Crippen LogP contribution in [0.1, 0.15) is 44.0 Å². The van der Waals surface area contributed by atoms with Crippen LogP contribution in [0.5, 0.6) is 0 Å². The SMILES string of the molecule is O=C(NCCC1=CCCCC1)C(=O)NC[C@H](O)c1ccc(-c2ccsc2)o1. The number of carbonyl (C=O) groups is 2. The summed E-state index contributed by atoms with van der Waals surface area (Å²) in [5.41, 5.74) is 2.28. The van der Waals surface area contributed by atoms with Crippen LogP contribution < -0.4 is 10.6 Å². The van der Waals surface area contributed by atoms with E-state index in [2.05, 4.69) is 16.7 Å². The van der Waals surface area contributed by atoms with Crippen molar-refractivity contribution in [2.45, 2.75) is 38.2 Å². The molecule has 2 heterocycles. The molecule has 3 rings (SSSR count). The average Bonchev–Trinajstić information content (AvgIpc) is 3.38. The van der Waals surface area contributed by atoms with Gasteiger partial charge in [0.2, 0.25) is 0 Å². The van der Waals surface area contributed by atoms with Gasteiger partial charge in [0.15, 0.2) is 0 Å². The number of nitrogens with one attached hydrogen (secondary N) is 2. The molecule has 2 amide bonds. The van der Waals surface area contributed by atoms with Crippen LogP contribution in [0.2, 0.25) is 0 Å². The Bertz CT molecular complexity index is 795. The Morgan fingerprint density at radius 3 is 2.78 bits per heavy atom. The van der Waals surface area contributed by atoms with E-state index in [9.17, 15) is 14.7 Å². The van der Waals surface area contributed by atoms with Crippen molar-refractivity contribution in [3.8, 4) is 11.3 Å². The van der Waals surface area contributed by atoms with Gasteiger partial charge in [0.25, 0.3) is 0 Å². The first-order chi connectivity index (χ1) is 13.1. The van der Waals surface area contributed by atoms with Crippen molar-refractivity contribution in [1.29, 1.82) is 0 Å². The molecule has 2 aromatic rings. The molecule has 144 valence electrons. The Labute approximate surface area is 162 Å². The molecule has 6 nitrogen and oxygen atoms in total. The molecule has 3 N–H and O–H groups in total. The van der Waals surface area contributed by atoms with Gasteiger partial charge < -0.3 is 20.2 Å². The zero-order valence-corrected chi connectivity index (χ0v) is 15.9. The molecule has 1 atom stereocenters. The van der Waals surface area contributed by atoms with Crippen molar-refractivity contribution in [3.63, 3.8) is 0 Å². The fraction of sp³-hybridized carbons (Fsp3) is 0.400. The van der Waals surface area contributed by atoms with Gasteiger partial charge in [-0.2, -0.15) is 11.3 Å². The van der Waals surface area contributed by atoms with E-state index in [1.165, 1.54) is 18.4 Å². The van der Waals surface area contributed by atoms with Gasteiger partial charge in [0.05, 0.1) is 6.54 Å². The number of amides is 2. The van der Waals surface area contributed by atoms with Crippen LogP contribution in [0.4, 0.5) is 0 Å². The highest BCUT2D eigenvalue weighted by molar-refractivity contribution is 7.08. The van der Waals surface area contributed by atoms with Crippen LogP contribution in [0.3, 0.4) is 0 Å². The summed E-state index contributed by atoms with van der Waals surface area (Å²) in [5.74, 6) is -0.430. The fourth-order valence-corrected chi connectivity index (χ4v) is 3.66. The highest BCUT2D eigenvalue weighted by atomic mass is 32.1. The summed E-state index contributed by atoms with van der Waals surface area (Å²) >= 11 is 1.56. The molecule has 0 aromatic carbocycles. The summed E-state index contributed by atoms with van der Waals surface area (Å²) in [5, 5.41) is 19.1. The maximum absolute atomic E-state index is 11.9. The number of aliphatic hydroxyl groups is 1. The normalized spacial score (nSPS) is 15.1.